The molecule has 2 rings (SSSR count). The molecule has 2 unspecified atom stereocenters. The van der Waals surface area contributed by atoms with Crippen LogP contribution in [0.5, 0.6) is 0 Å². The zero-order chi connectivity index (χ0) is 23.3. The second-order valence-corrected chi connectivity index (χ2v) is 7.88. The summed E-state index contributed by atoms with van der Waals surface area (Å²) in [5.41, 5.74) is 6.22. The van der Waals surface area contributed by atoms with E-state index in [0.717, 1.165) is 5.56 Å². The maximum atomic E-state index is 13.0. The Morgan fingerprint density at radius 3 is 2.32 bits per heavy atom. The Hall–Kier alpha value is -2.91. The lowest BCUT2D eigenvalue weighted by molar-refractivity contribution is -0.151. The number of aliphatic hydroxyl groups is 2. The number of carbonyl (C=O) groups excluding carboxylic acids is 2. The Kier molecular flexibility index (Phi) is 8.18. The number of rotatable bonds is 9. The highest BCUT2D eigenvalue weighted by Crippen LogP contribution is 2.25. The van der Waals surface area contributed by atoms with Crippen LogP contribution < -0.4 is 5.73 Å². The minimum absolute atomic E-state index is 0.0969. The molecule has 1 heterocycles. The van der Waals surface area contributed by atoms with Crippen LogP contribution in [0.3, 0.4) is 0 Å². The number of primary amides is 1. The van der Waals surface area contributed by atoms with E-state index in [9.17, 15) is 19.8 Å². The van der Waals surface area contributed by atoms with E-state index in [2.05, 4.69) is 0 Å². The molecule has 1 aliphatic rings. The topological polar surface area (TPSA) is 134 Å². The van der Waals surface area contributed by atoms with Gasteiger partial charge in [-0.05, 0) is 24.9 Å². The highest BCUT2D eigenvalue weighted by Gasteiger charge is 2.41. The molecule has 170 valence electrons. The molecule has 1 aliphatic heterocycles. The van der Waals surface area contributed by atoms with Crippen LogP contribution in [0.4, 0.5) is 0 Å². The smallest absolute Gasteiger partial charge is 0.264 e. The Labute approximate surface area is 183 Å². The van der Waals surface area contributed by atoms with Crippen LogP contribution in [-0.4, -0.2) is 74.6 Å². The normalized spacial score (nSPS) is 19.9. The number of hydrogen-bond donors (Lipinski definition) is 4. The lowest BCUT2D eigenvalue weighted by Crippen LogP contribution is -2.59. The number of nitrogens with zero attached hydrogens (tertiary/aromatic N) is 3. The van der Waals surface area contributed by atoms with Crippen molar-refractivity contribution in [1.29, 1.82) is 5.41 Å². The number of amidine groups is 1. The molecule has 2 amide bonds. The third-order valence-electron chi connectivity index (χ3n) is 5.46. The summed E-state index contributed by atoms with van der Waals surface area (Å²) in [4.78, 5) is 29.2. The minimum Gasteiger partial charge on any atom is -0.510 e. The molecule has 9 nitrogen and oxygen atoms in total. The average molecular weight is 432 g/mol. The fourth-order valence-electron chi connectivity index (χ4n) is 3.89. The molecule has 2 atom stereocenters. The molecule has 0 aromatic heterocycles. The van der Waals surface area contributed by atoms with Crippen LogP contribution >= 0.6 is 0 Å². The molecule has 1 aromatic carbocycles. The van der Waals surface area contributed by atoms with Gasteiger partial charge in [-0.1, -0.05) is 51.1 Å². The third-order valence-corrected chi connectivity index (χ3v) is 5.46. The van der Waals surface area contributed by atoms with Gasteiger partial charge in [0.25, 0.3) is 5.91 Å². The van der Waals surface area contributed by atoms with Crippen molar-refractivity contribution in [3.05, 3.63) is 47.2 Å². The van der Waals surface area contributed by atoms with Crippen LogP contribution in [0, 0.1) is 11.3 Å². The van der Waals surface area contributed by atoms with Crippen LogP contribution in [0.25, 0.3) is 0 Å². The fraction of sp³-hybridized carbons (Fsp3) is 0.500. The number of hydrogen-bond acceptors (Lipinski definition) is 6. The molecule has 31 heavy (non-hydrogen) atoms. The Bertz CT molecular complexity index is 840. The predicted molar refractivity (Wildman–Crippen MR) is 118 cm³/mol. The molecule has 1 fully saturated rings. The zero-order valence-corrected chi connectivity index (χ0v) is 18.6. The van der Waals surface area contributed by atoms with Crippen molar-refractivity contribution in [1.82, 2.24) is 14.7 Å². The number of nitrogens with two attached hydrogens (primary N) is 1. The lowest BCUT2D eigenvalue weighted by Gasteiger charge is -2.42. The Balaban J connectivity index is 2.42. The van der Waals surface area contributed by atoms with Gasteiger partial charge in [-0.2, -0.15) is 0 Å². The number of carbonyl (C=O) groups is 2. The second kappa shape index (κ2) is 10.4. The maximum Gasteiger partial charge on any atom is 0.264 e. The Morgan fingerprint density at radius 2 is 1.84 bits per heavy atom. The highest BCUT2D eigenvalue weighted by atomic mass is 16.3. The van der Waals surface area contributed by atoms with Crippen molar-refractivity contribution < 1.29 is 19.8 Å². The highest BCUT2D eigenvalue weighted by molar-refractivity contribution is 6.21. The summed E-state index contributed by atoms with van der Waals surface area (Å²) in [6.45, 7) is 7.94. The SMILES string of the molecule is CCN(CC(O)=C1C(=N)N(Cc2ccccc2)C(O)N(CC)C1=O)C(C(N)=O)C(C)C. The van der Waals surface area contributed by atoms with Crippen molar-refractivity contribution in [3.8, 4) is 0 Å². The first-order valence-corrected chi connectivity index (χ1v) is 10.5. The molecule has 5 N–H and O–H groups in total. The molecule has 1 aromatic rings. The molecule has 0 radical (unpaired) electrons. The van der Waals surface area contributed by atoms with Gasteiger partial charge in [-0.25, -0.2) is 0 Å². The van der Waals surface area contributed by atoms with Crippen LogP contribution in [0.1, 0.15) is 33.3 Å². The van der Waals surface area contributed by atoms with Gasteiger partial charge in [0.15, 0.2) is 0 Å². The summed E-state index contributed by atoms with van der Waals surface area (Å²) in [6.07, 6.45) is -1.32. The van der Waals surface area contributed by atoms with E-state index in [1.54, 1.807) is 11.8 Å². The van der Waals surface area contributed by atoms with Crippen LogP contribution in [0.2, 0.25) is 0 Å². The molecule has 0 bridgehead atoms. The van der Waals surface area contributed by atoms with Gasteiger partial charge < -0.3 is 20.8 Å². The van der Waals surface area contributed by atoms with Crippen molar-refractivity contribution in [2.24, 2.45) is 11.7 Å². The first-order valence-electron chi connectivity index (χ1n) is 10.5. The summed E-state index contributed by atoms with van der Waals surface area (Å²) >= 11 is 0. The van der Waals surface area contributed by atoms with Gasteiger partial charge >= 0.3 is 0 Å². The number of nitrogens with one attached hydrogen (secondary N) is 1. The molecule has 0 saturated carbocycles. The minimum atomic E-state index is -1.32. The van der Waals surface area contributed by atoms with Crippen molar-refractivity contribution >= 4 is 17.6 Å². The average Bonchev–Trinajstić information content (AvgIpc) is 2.71. The lowest BCUT2D eigenvalue weighted by atomic mass is 10.0. The summed E-state index contributed by atoms with van der Waals surface area (Å²) in [5.74, 6) is -1.83. The van der Waals surface area contributed by atoms with Gasteiger partial charge in [0, 0.05) is 13.1 Å². The number of likely N-dealkylation sites (N-methyl/N-ethyl adjacent to an activating group) is 2. The predicted octanol–water partition coefficient (Wildman–Crippen LogP) is 1.25. The van der Waals surface area contributed by atoms with E-state index in [1.165, 1.54) is 9.80 Å². The van der Waals surface area contributed by atoms with Crippen molar-refractivity contribution in [2.75, 3.05) is 19.6 Å². The van der Waals surface area contributed by atoms with E-state index >= 15 is 0 Å². The van der Waals surface area contributed by atoms with Crippen molar-refractivity contribution in [2.45, 2.75) is 46.6 Å². The second-order valence-electron chi connectivity index (χ2n) is 7.88. The Morgan fingerprint density at radius 1 is 1.23 bits per heavy atom. The fourth-order valence-corrected chi connectivity index (χ4v) is 3.89. The standard InChI is InChI=1S/C22H33N5O4/c1-5-25(18(14(3)4)20(24)29)13-16(28)17-19(23)27(12-15-10-8-7-9-11-15)22(31)26(6-2)21(17)30/h7-11,14,18,22-23,28,31H,5-6,12-13H2,1-4H3,(H2,24,29). The van der Waals surface area contributed by atoms with E-state index in [4.69, 9.17) is 11.1 Å². The zero-order valence-electron chi connectivity index (χ0n) is 18.6. The molecule has 1 saturated heterocycles. The number of aliphatic hydroxyl groups excluding tert-OH is 2. The summed E-state index contributed by atoms with van der Waals surface area (Å²) in [5, 5.41) is 30.2. The molecule has 0 aliphatic carbocycles. The van der Waals surface area contributed by atoms with Gasteiger partial charge in [0.1, 0.15) is 17.2 Å². The number of benzene rings is 1. The summed E-state index contributed by atoms with van der Waals surface area (Å²) in [6, 6.07) is 8.64. The monoisotopic (exact) mass is 431 g/mol. The molecule has 9 heteroatoms. The largest absolute Gasteiger partial charge is 0.510 e. The van der Waals surface area contributed by atoms with Gasteiger partial charge in [0.05, 0.1) is 12.6 Å². The van der Waals surface area contributed by atoms with Gasteiger partial charge in [0.2, 0.25) is 12.3 Å². The maximum absolute atomic E-state index is 13.0. The summed E-state index contributed by atoms with van der Waals surface area (Å²) < 4.78 is 0. The van der Waals surface area contributed by atoms with Gasteiger partial charge in [-0.15, -0.1) is 0 Å². The van der Waals surface area contributed by atoms with Gasteiger partial charge in [-0.3, -0.25) is 24.8 Å². The van der Waals surface area contributed by atoms with E-state index in [0.29, 0.717) is 6.54 Å². The molecule has 0 spiro atoms. The summed E-state index contributed by atoms with van der Waals surface area (Å²) in [7, 11) is 0. The quantitative estimate of drug-likeness (QED) is 0.343. The van der Waals surface area contributed by atoms with Crippen LogP contribution in [0.15, 0.2) is 41.7 Å². The third kappa shape index (κ3) is 5.23. The number of amides is 2. The molecular weight excluding hydrogens is 398 g/mol. The van der Waals surface area contributed by atoms with E-state index in [1.807, 2.05) is 51.1 Å². The van der Waals surface area contributed by atoms with E-state index in [-0.39, 0.29) is 42.7 Å². The van der Waals surface area contributed by atoms with Crippen LogP contribution in [-0.2, 0) is 16.1 Å². The van der Waals surface area contributed by atoms with E-state index < -0.39 is 24.2 Å². The van der Waals surface area contributed by atoms with Crippen molar-refractivity contribution in [3.63, 3.8) is 0 Å². The molecular formula is C22H33N5O4. The first-order chi connectivity index (χ1) is 14.6. The first kappa shape index (κ1) is 24.4.